The number of rotatable bonds is 10. The van der Waals surface area contributed by atoms with Crippen molar-refractivity contribution in [1.82, 2.24) is 20.2 Å². The van der Waals surface area contributed by atoms with Crippen molar-refractivity contribution < 1.29 is 32.9 Å². The largest absolute Gasteiger partial charge is 0.489 e. The van der Waals surface area contributed by atoms with E-state index in [2.05, 4.69) is 25.5 Å². The van der Waals surface area contributed by atoms with Crippen molar-refractivity contribution in [3.05, 3.63) is 71.8 Å². The second-order valence-corrected chi connectivity index (χ2v) is 10.5. The van der Waals surface area contributed by atoms with Crippen LogP contribution in [0.5, 0.6) is 28.9 Å². The van der Waals surface area contributed by atoms with Gasteiger partial charge in [-0.2, -0.15) is 0 Å². The van der Waals surface area contributed by atoms with Gasteiger partial charge in [0.05, 0.1) is 25.3 Å². The number of amides is 2. The summed E-state index contributed by atoms with van der Waals surface area (Å²) in [7, 11) is 0. The molecule has 230 valence electrons. The number of halogens is 1. The van der Waals surface area contributed by atoms with Gasteiger partial charge in [0, 0.05) is 37.9 Å². The van der Waals surface area contributed by atoms with Crippen molar-refractivity contribution in [2.75, 3.05) is 58.0 Å². The van der Waals surface area contributed by atoms with Gasteiger partial charge in [0.15, 0.2) is 11.5 Å². The molecule has 0 bridgehead atoms. The number of aryl methyl sites for hydroxylation is 1. The zero-order chi connectivity index (χ0) is 30.3. The van der Waals surface area contributed by atoms with Crippen LogP contribution in [0.3, 0.4) is 0 Å². The van der Waals surface area contributed by atoms with Crippen molar-refractivity contribution in [2.24, 2.45) is 0 Å². The van der Waals surface area contributed by atoms with Crippen LogP contribution in [-0.4, -0.2) is 73.6 Å². The smallest absolute Gasteiger partial charge is 0.319 e. The Bertz CT molecular complexity index is 1610. The van der Waals surface area contributed by atoms with E-state index in [4.69, 9.17) is 23.7 Å². The summed E-state index contributed by atoms with van der Waals surface area (Å²) in [5, 5.41) is 6.19. The number of hydrogen-bond acceptors (Lipinski definition) is 9. The Balaban J connectivity index is 1.13. The number of morpholine rings is 1. The van der Waals surface area contributed by atoms with E-state index in [1.165, 1.54) is 18.5 Å². The molecule has 2 amide bonds. The predicted octanol–water partition coefficient (Wildman–Crippen LogP) is 5.06. The number of hydrogen-bond donors (Lipinski definition) is 2. The number of nitrogens with zero attached hydrogens (tertiary/aromatic N) is 3. The molecule has 4 aromatic rings. The van der Waals surface area contributed by atoms with Crippen molar-refractivity contribution in [3.8, 4) is 28.9 Å². The van der Waals surface area contributed by atoms with E-state index in [1.807, 2.05) is 13.0 Å². The van der Waals surface area contributed by atoms with Gasteiger partial charge in [0.1, 0.15) is 36.5 Å². The number of carbonyl (C=O) groups excluding carboxylic acids is 1. The topological polar surface area (TPSA) is 116 Å². The van der Waals surface area contributed by atoms with Gasteiger partial charge in [-0.25, -0.2) is 19.2 Å². The fourth-order valence-electron chi connectivity index (χ4n) is 5.06. The zero-order valence-electron chi connectivity index (χ0n) is 24.4. The number of benzene rings is 3. The molecule has 2 N–H and O–H groups in total. The molecule has 2 aliphatic heterocycles. The number of ether oxygens (including phenoxy) is 5. The summed E-state index contributed by atoms with van der Waals surface area (Å²) in [6.45, 7) is 7.79. The molecule has 12 heteroatoms. The Morgan fingerprint density at radius 2 is 1.80 bits per heavy atom. The summed E-state index contributed by atoms with van der Waals surface area (Å²) >= 11 is 0. The molecule has 0 saturated carbocycles. The van der Waals surface area contributed by atoms with Crippen LogP contribution in [0, 0.1) is 12.7 Å². The molecule has 0 unspecified atom stereocenters. The maximum atomic E-state index is 13.1. The van der Waals surface area contributed by atoms with E-state index in [1.54, 1.807) is 30.3 Å². The van der Waals surface area contributed by atoms with Gasteiger partial charge in [0.2, 0.25) is 11.6 Å². The molecule has 0 spiro atoms. The highest BCUT2D eigenvalue weighted by molar-refractivity contribution is 5.94. The van der Waals surface area contributed by atoms with E-state index in [9.17, 15) is 9.18 Å². The van der Waals surface area contributed by atoms with Crippen LogP contribution < -0.4 is 29.6 Å². The highest BCUT2D eigenvalue weighted by atomic mass is 19.1. The average molecular weight is 604 g/mol. The summed E-state index contributed by atoms with van der Waals surface area (Å²) in [5.74, 6) is 2.08. The number of carbonyl (C=O) groups is 1. The lowest BCUT2D eigenvalue weighted by molar-refractivity contribution is 0.0357. The number of fused-ring (bicyclic) bond motifs is 3. The lowest BCUT2D eigenvalue weighted by Gasteiger charge is -2.26. The molecule has 1 aromatic heterocycles. The van der Waals surface area contributed by atoms with Gasteiger partial charge in [-0.05, 0) is 54.8 Å². The highest BCUT2D eigenvalue weighted by Gasteiger charge is 2.25. The molecular weight excluding hydrogens is 569 g/mol. The first-order valence-electron chi connectivity index (χ1n) is 14.6. The second kappa shape index (κ2) is 13.7. The molecule has 3 heterocycles. The third-order valence-electron chi connectivity index (χ3n) is 7.35. The Kier molecular flexibility index (Phi) is 9.18. The monoisotopic (exact) mass is 603 g/mol. The summed E-state index contributed by atoms with van der Waals surface area (Å²) in [6.07, 6.45) is 2.30. The lowest BCUT2D eigenvalue weighted by atomic mass is 10.1. The van der Waals surface area contributed by atoms with E-state index >= 15 is 0 Å². The second-order valence-electron chi connectivity index (χ2n) is 10.5. The molecule has 0 aliphatic carbocycles. The zero-order valence-corrected chi connectivity index (χ0v) is 24.4. The van der Waals surface area contributed by atoms with Gasteiger partial charge < -0.3 is 34.3 Å². The summed E-state index contributed by atoms with van der Waals surface area (Å²) in [5.41, 5.74) is 2.80. The van der Waals surface area contributed by atoms with Crippen LogP contribution in [0.1, 0.15) is 17.5 Å². The molecule has 6 rings (SSSR count). The SMILES string of the molecule is Cc1cc(Oc2ncnc3cc(OCCCN4CCOCC4)c4c(c23)OCCO4)ccc1NC(=O)NCc1ccc(F)cc1. The van der Waals surface area contributed by atoms with Crippen molar-refractivity contribution >= 4 is 22.6 Å². The third-order valence-corrected chi connectivity index (χ3v) is 7.35. The maximum absolute atomic E-state index is 13.1. The van der Waals surface area contributed by atoms with Crippen LogP contribution >= 0.6 is 0 Å². The van der Waals surface area contributed by atoms with E-state index in [-0.39, 0.29) is 18.4 Å². The Labute approximate surface area is 254 Å². The maximum Gasteiger partial charge on any atom is 0.319 e. The van der Waals surface area contributed by atoms with Gasteiger partial charge in [-0.3, -0.25) is 4.90 Å². The van der Waals surface area contributed by atoms with Crippen LogP contribution in [0.25, 0.3) is 10.9 Å². The molecule has 1 saturated heterocycles. The minimum atomic E-state index is -0.379. The van der Waals surface area contributed by atoms with Gasteiger partial charge in [0.25, 0.3) is 0 Å². The first-order chi connectivity index (χ1) is 21.5. The minimum Gasteiger partial charge on any atom is -0.489 e. The summed E-state index contributed by atoms with van der Waals surface area (Å²) in [6, 6.07) is 12.7. The molecule has 1 fully saturated rings. The predicted molar refractivity (Wildman–Crippen MR) is 161 cm³/mol. The van der Waals surface area contributed by atoms with Gasteiger partial charge in [-0.15, -0.1) is 0 Å². The normalized spacial score (nSPS) is 14.7. The summed E-state index contributed by atoms with van der Waals surface area (Å²) < 4.78 is 42.9. The number of nitrogens with one attached hydrogen (secondary N) is 2. The number of anilines is 1. The van der Waals surface area contributed by atoms with E-state index in [0.29, 0.717) is 65.3 Å². The van der Waals surface area contributed by atoms with E-state index in [0.717, 1.165) is 50.4 Å². The van der Waals surface area contributed by atoms with Crippen LogP contribution in [0.4, 0.5) is 14.9 Å². The number of aromatic nitrogens is 2. The van der Waals surface area contributed by atoms with Crippen LogP contribution in [0.2, 0.25) is 0 Å². The molecule has 3 aromatic carbocycles. The minimum absolute atomic E-state index is 0.268. The van der Waals surface area contributed by atoms with Crippen LogP contribution in [0.15, 0.2) is 54.9 Å². The highest BCUT2D eigenvalue weighted by Crippen LogP contribution is 2.48. The van der Waals surface area contributed by atoms with Gasteiger partial charge in [-0.1, -0.05) is 12.1 Å². The van der Waals surface area contributed by atoms with E-state index < -0.39 is 0 Å². The Morgan fingerprint density at radius 3 is 2.59 bits per heavy atom. The third kappa shape index (κ3) is 7.09. The van der Waals surface area contributed by atoms with Crippen molar-refractivity contribution in [1.29, 1.82) is 0 Å². The summed E-state index contributed by atoms with van der Waals surface area (Å²) in [4.78, 5) is 23.7. The average Bonchev–Trinajstić information content (AvgIpc) is 3.04. The van der Waals surface area contributed by atoms with Crippen LogP contribution in [-0.2, 0) is 11.3 Å². The molecule has 0 radical (unpaired) electrons. The first-order valence-corrected chi connectivity index (χ1v) is 14.6. The molecule has 0 atom stereocenters. The molecule has 11 nitrogen and oxygen atoms in total. The molecular formula is C32H34FN5O6. The lowest BCUT2D eigenvalue weighted by Crippen LogP contribution is -2.37. The fourth-order valence-corrected chi connectivity index (χ4v) is 5.06. The van der Waals surface area contributed by atoms with Crippen molar-refractivity contribution in [3.63, 3.8) is 0 Å². The standard InChI is InChI=1S/C32H34FN5O6/c1-21-17-24(7-8-25(21)37-32(39)34-19-22-3-5-23(33)6-4-22)44-31-28-26(35-20-36-31)18-27(29-30(28)43-16-15-42-29)41-12-2-9-38-10-13-40-14-11-38/h3-8,17-18,20H,2,9-16,19H2,1H3,(H2,34,37,39). The van der Waals surface area contributed by atoms with Crippen molar-refractivity contribution in [2.45, 2.75) is 19.9 Å². The Morgan fingerprint density at radius 1 is 1.00 bits per heavy atom. The molecule has 44 heavy (non-hydrogen) atoms. The molecule has 2 aliphatic rings. The fraction of sp³-hybridized carbons (Fsp3) is 0.344. The van der Waals surface area contributed by atoms with Gasteiger partial charge >= 0.3 is 6.03 Å². The Hall–Kier alpha value is -4.68. The quantitative estimate of drug-likeness (QED) is 0.240. The first kappa shape index (κ1) is 29.4. The number of urea groups is 1.